The maximum Gasteiger partial charge on any atom is 0.336 e. The second-order valence-electron chi connectivity index (χ2n) is 3.29. The molecule has 0 radical (unpaired) electrons. The first-order valence-corrected chi connectivity index (χ1v) is 4.37. The van der Waals surface area contributed by atoms with Gasteiger partial charge in [-0.3, -0.25) is 0 Å². The van der Waals surface area contributed by atoms with Crippen LogP contribution in [0.25, 0.3) is 0 Å². The van der Waals surface area contributed by atoms with Crippen LogP contribution in [0, 0.1) is 0 Å². The molecule has 1 aromatic rings. The molecule has 1 aromatic carbocycles. The van der Waals surface area contributed by atoms with Crippen molar-refractivity contribution in [1.82, 2.24) is 0 Å². The van der Waals surface area contributed by atoms with E-state index in [0.717, 1.165) is 5.57 Å². The Hall–Kier alpha value is -1.97. The van der Waals surface area contributed by atoms with E-state index in [0.29, 0.717) is 0 Å². The normalized spacial score (nSPS) is 9.47. The molecule has 0 aromatic heterocycles. The molecule has 0 fully saturated rings. The Kier molecular flexibility index (Phi) is 3.33. The number of esters is 1. The van der Waals surface area contributed by atoms with Crippen molar-refractivity contribution in [2.45, 2.75) is 13.8 Å². The number of hydrogen-bond acceptors (Lipinski definition) is 4. The molecular formula is C11H12O4. The first-order chi connectivity index (χ1) is 6.99. The summed E-state index contributed by atoms with van der Waals surface area (Å²) in [4.78, 5) is 11.2. The summed E-state index contributed by atoms with van der Waals surface area (Å²) in [5, 5.41) is 18.4. The molecule has 0 amide bonds. The fourth-order valence-electron chi connectivity index (χ4n) is 0.958. The Balaban J connectivity index is 2.85. The number of hydrogen-bond donors (Lipinski definition) is 2. The van der Waals surface area contributed by atoms with Crippen LogP contribution >= 0.6 is 0 Å². The highest BCUT2D eigenvalue weighted by Gasteiger charge is 2.07. The molecule has 80 valence electrons. The van der Waals surface area contributed by atoms with E-state index in [-0.39, 0.29) is 17.2 Å². The van der Waals surface area contributed by atoms with Gasteiger partial charge in [-0.15, -0.1) is 0 Å². The van der Waals surface area contributed by atoms with Crippen LogP contribution in [0.4, 0.5) is 0 Å². The van der Waals surface area contributed by atoms with Gasteiger partial charge >= 0.3 is 5.97 Å². The molecule has 2 N–H and O–H groups in total. The number of carbonyl (C=O) groups excluding carboxylic acids is 1. The first-order valence-electron chi connectivity index (χ1n) is 4.37. The minimum atomic E-state index is -0.587. The minimum Gasteiger partial charge on any atom is -0.508 e. The largest absolute Gasteiger partial charge is 0.508 e. The molecule has 0 spiro atoms. The number of phenolic OH excluding ortho intramolecular Hbond substituents is 2. The number of rotatable bonds is 2. The molecule has 15 heavy (non-hydrogen) atoms. The minimum absolute atomic E-state index is 0.0579. The molecule has 0 bridgehead atoms. The highest BCUT2D eigenvalue weighted by Crippen LogP contribution is 2.29. The number of allylic oxidation sites excluding steroid dienone is 1. The zero-order chi connectivity index (χ0) is 11.4. The van der Waals surface area contributed by atoms with E-state index in [1.807, 2.05) is 0 Å². The third-order valence-electron chi connectivity index (χ3n) is 1.56. The van der Waals surface area contributed by atoms with Gasteiger partial charge in [0.05, 0.1) is 0 Å². The molecule has 0 unspecified atom stereocenters. The monoisotopic (exact) mass is 208 g/mol. The predicted octanol–water partition coefficient (Wildman–Crippen LogP) is 1.97. The fourth-order valence-corrected chi connectivity index (χ4v) is 0.958. The van der Waals surface area contributed by atoms with Gasteiger partial charge in [-0.1, -0.05) is 5.57 Å². The SMILES string of the molecule is CC(C)=CC(=O)Oc1cc(O)ccc1O. The maximum atomic E-state index is 11.2. The van der Waals surface area contributed by atoms with Crippen LogP contribution in [0.1, 0.15) is 13.8 Å². The average molecular weight is 208 g/mol. The third-order valence-corrected chi connectivity index (χ3v) is 1.56. The Morgan fingerprint density at radius 2 is 2.00 bits per heavy atom. The maximum absolute atomic E-state index is 11.2. The molecule has 0 saturated carbocycles. The fraction of sp³-hybridized carbons (Fsp3) is 0.182. The Labute approximate surface area is 87.4 Å². The summed E-state index contributed by atoms with van der Waals surface area (Å²) in [7, 11) is 0. The lowest BCUT2D eigenvalue weighted by molar-refractivity contribution is -0.129. The van der Waals surface area contributed by atoms with E-state index in [4.69, 9.17) is 9.84 Å². The summed E-state index contributed by atoms with van der Waals surface area (Å²) in [5.74, 6) is -0.912. The lowest BCUT2D eigenvalue weighted by Gasteiger charge is -2.04. The van der Waals surface area contributed by atoms with Crippen molar-refractivity contribution in [1.29, 1.82) is 0 Å². The predicted molar refractivity (Wildman–Crippen MR) is 54.8 cm³/mol. The summed E-state index contributed by atoms with van der Waals surface area (Å²) < 4.78 is 4.81. The number of aromatic hydroxyl groups is 2. The topological polar surface area (TPSA) is 66.8 Å². The molecule has 4 heteroatoms. The van der Waals surface area contributed by atoms with Gasteiger partial charge in [-0.05, 0) is 26.0 Å². The number of ether oxygens (including phenoxy) is 1. The van der Waals surface area contributed by atoms with Gasteiger partial charge in [0.2, 0.25) is 0 Å². The van der Waals surface area contributed by atoms with Crippen molar-refractivity contribution in [3.63, 3.8) is 0 Å². The Morgan fingerprint density at radius 3 is 2.60 bits per heavy atom. The smallest absolute Gasteiger partial charge is 0.336 e. The van der Waals surface area contributed by atoms with E-state index in [2.05, 4.69) is 0 Å². The van der Waals surface area contributed by atoms with Crippen molar-refractivity contribution >= 4 is 5.97 Å². The number of benzene rings is 1. The molecule has 1 rings (SSSR count). The molecule has 0 aliphatic carbocycles. The molecule has 0 aliphatic rings. The van der Waals surface area contributed by atoms with Crippen LogP contribution in [0.2, 0.25) is 0 Å². The number of phenols is 2. The van der Waals surface area contributed by atoms with Gasteiger partial charge in [0.15, 0.2) is 11.5 Å². The van der Waals surface area contributed by atoms with Crippen molar-refractivity contribution in [2.24, 2.45) is 0 Å². The van der Waals surface area contributed by atoms with Gasteiger partial charge in [-0.25, -0.2) is 4.79 Å². The quantitative estimate of drug-likeness (QED) is 0.337. The number of carbonyl (C=O) groups is 1. The van der Waals surface area contributed by atoms with Crippen LogP contribution in [0.3, 0.4) is 0 Å². The van der Waals surface area contributed by atoms with E-state index in [9.17, 15) is 9.90 Å². The molecule has 0 aliphatic heterocycles. The highest BCUT2D eigenvalue weighted by atomic mass is 16.5. The van der Waals surface area contributed by atoms with Gasteiger partial charge in [0.25, 0.3) is 0 Å². The van der Waals surface area contributed by atoms with Crippen molar-refractivity contribution in [2.75, 3.05) is 0 Å². The summed E-state index contributed by atoms with van der Waals surface area (Å²) in [6.07, 6.45) is 1.30. The van der Waals surface area contributed by atoms with Crippen LogP contribution in [-0.4, -0.2) is 16.2 Å². The standard InChI is InChI=1S/C11H12O4/c1-7(2)5-11(14)15-10-6-8(12)3-4-9(10)13/h3-6,12-13H,1-2H3. The van der Waals surface area contributed by atoms with Gasteiger partial charge < -0.3 is 14.9 Å². The summed E-state index contributed by atoms with van der Waals surface area (Å²) in [5.41, 5.74) is 0.791. The average Bonchev–Trinajstić information content (AvgIpc) is 2.10. The molecule has 0 heterocycles. The Morgan fingerprint density at radius 1 is 1.33 bits per heavy atom. The van der Waals surface area contributed by atoms with Crippen LogP contribution in [-0.2, 0) is 4.79 Å². The summed E-state index contributed by atoms with van der Waals surface area (Å²) in [6.45, 7) is 3.51. The summed E-state index contributed by atoms with van der Waals surface area (Å²) in [6, 6.07) is 3.72. The van der Waals surface area contributed by atoms with Gasteiger partial charge in [-0.2, -0.15) is 0 Å². The summed E-state index contributed by atoms with van der Waals surface area (Å²) >= 11 is 0. The van der Waals surface area contributed by atoms with Crippen molar-refractivity contribution in [3.05, 3.63) is 29.8 Å². The first kappa shape index (κ1) is 11.1. The second-order valence-corrected chi connectivity index (χ2v) is 3.29. The zero-order valence-corrected chi connectivity index (χ0v) is 8.52. The third kappa shape index (κ3) is 3.34. The van der Waals surface area contributed by atoms with Gasteiger partial charge in [0.1, 0.15) is 5.75 Å². The Bertz CT molecular complexity index is 403. The molecule has 0 atom stereocenters. The van der Waals surface area contributed by atoms with Crippen LogP contribution in [0.15, 0.2) is 29.8 Å². The van der Waals surface area contributed by atoms with Gasteiger partial charge in [0, 0.05) is 12.1 Å². The lowest BCUT2D eigenvalue weighted by Crippen LogP contribution is -2.04. The highest BCUT2D eigenvalue weighted by molar-refractivity contribution is 5.85. The second kappa shape index (κ2) is 4.50. The lowest BCUT2D eigenvalue weighted by atomic mass is 10.3. The van der Waals surface area contributed by atoms with E-state index in [1.54, 1.807) is 13.8 Å². The zero-order valence-electron chi connectivity index (χ0n) is 8.52. The molecule has 4 nitrogen and oxygen atoms in total. The van der Waals surface area contributed by atoms with E-state index in [1.165, 1.54) is 24.3 Å². The van der Waals surface area contributed by atoms with Crippen LogP contribution in [0.5, 0.6) is 17.2 Å². The molecule has 0 saturated heterocycles. The van der Waals surface area contributed by atoms with Crippen molar-refractivity contribution < 1.29 is 19.7 Å². The van der Waals surface area contributed by atoms with E-state index < -0.39 is 5.97 Å². The molecular weight excluding hydrogens is 196 g/mol. The van der Waals surface area contributed by atoms with Crippen molar-refractivity contribution in [3.8, 4) is 17.2 Å². The van der Waals surface area contributed by atoms with Crippen LogP contribution < -0.4 is 4.74 Å². The van der Waals surface area contributed by atoms with E-state index >= 15 is 0 Å².